The summed E-state index contributed by atoms with van der Waals surface area (Å²) in [6, 6.07) is 11.5. The minimum absolute atomic E-state index is 0.122. The van der Waals surface area contributed by atoms with E-state index in [0.717, 1.165) is 28.3 Å². The molecule has 1 aromatic heterocycles. The minimum Gasteiger partial charge on any atom is -0.496 e. The Balaban J connectivity index is 2.31. The van der Waals surface area contributed by atoms with Crippen molar-refractivity contribution in [3.05, 3.63) is 47.7 Å². The van der Waals surface area contributed by atoms with Crippen molar-refractivity contribution >= 4 is 5.97 Å². The number of benzene rings is 1. The lowest BCUT2D eigenvalue weighted by Gasteiger charge is -2.10. The number of nitrogens with zero attached hydrogens (tertiary/aromatic N) is 1. The molecule has 0 spiro atoms. The highest BCUT2D eigenvalue weighted by atomic mass is 16.5. The molecule has 0 amide bonds. The number of hydrogen-bond acceptors (Lipinski definition) is 3. The van der Waals surface area contributed by atoms with Gasteiger partial charge in [-0.25, -0.2) is 0 Å². The van der Waals surface area contributed by atoms with Crippen LogP contribution in [0.1, 0.15) is 17.7 Å². The third-order valence-electron chi connectivity index (χ3n) is 3.19. The van der Waals surface area contributed by atoms with Crippen molar-refractivity contribution in [2.24, 2.45) is 0 Å². The smallest absolute Gasteiger partial charge is 0.303 e. The van der Waals surface area contributed by atoms with Gasteiger partial charge in [0.25, 0.3) is 0 Å². The van der Waals surface area contributed by atoms with Crippen molar-refractivity contribution in [3.8, 4) is 17.0 Å². The lowest BCUT2D eigenvalue weighted by molar-refractivity contribution is -0.136. The second-order valence-electron chi connectivity index (χ2n) is 4.54. The Morgan fingerprint density at radius 1 is 1.25 bits per heavy atom. The molecule has 0 bridgehead atoms. The monoisotopic (exact) mass is 271 g/mol. The molecule has 20 heavy (non-hydrogen) atoms. The van der Waals surface area contributed by atoms with Gasteiger partial charge in [-0.15, -0.1) is 0 Å². The summed E-state index contributed by atoms with van der Waals surface area (Å²) in [4.78, 5) is 15.2. The summed E-state index contributed by atoms with van der Waals surface area (Å²) in [5.74, 6) is -0.0177. The SMILES string of the molecule is COc1ccccc1-c1ccc(CCC(=O)O)c(C)n1. The number of aryl methyl sites for hydroxylation is 2. The van der Waals surface area contributed by atoms with Crippen LogP contribution in [0, 0.1) is 6.92 Å². The number of aromatic nitrogens is 1. The van der Waals surface area contributed by atoms with Crippen LogP contribution < -0.4 is 4.74 Å². The fourth-order valence-corrected chi connectivity index (χ4v) is 2.10. The number of methoxy groups -OCH3 is 1. The van der Waals surface area contributed by atoms with Crippen LogP contribution in [0.25, 0.3) is 11.3 Å². The molecule has 4 nitrogen and oxygen atoms in total. The Hall–Kier alpha value is -2.36. The molecule has 0 aliphatic carbocycles. The van der Waals surface area contributed by atoms with Crippen LogP contribution in [0.5, 0.6) is 5.75 Å². The van der Waals surface area contributed by atoms with Gasteiger partial charge < -0.3 is 9.84 Å². The highest BCUT2D eigenvalue weighted by molar-refractivity contribution is 5.68. The Morgan fingerprint density at radius 3 is 2.65 bits per heavy atom. The predicted octanol–water partition coefficient (Wildman–Crippen LogP) is 3.08. The van der Waals surface area contributed by atoms with E-state index in [1.165, 1.54) is 0 Å². The maximum absolute atomic E-state index is 10.6. The van der Waals surface area contributed by atoms with Crippen LogP contribution in [0.15, 0.2) is 36.4 Å². The van der Waals surface area contributed by atoms with E-state index in [-0.39, 0.29) is 6.42 Å². The van der Waals surface area contributed by atoms with Crippen LogP contribution in [0.2, 0.25) is 0 Å². The zero-order chi connectivity index (χ0) is 14.5. The van der Waals surface area contributed by atoms with Gasteiger partial charge in [0.05, 0.1) is 12.8 Å². The zero-order valence-electron chi connectivity index (χ0n) is 11.6. The Labute approximate surface area is 118 Å². The Bertz CT molecular complexity index is 623. The van der Waals surface area contributed by atoms with Crippen LogP contribution in [-0.2, 0) is 11.2 Å². The zero-order valence-corrected chi connectivity index (χ0v) is 11.6. The number of rotatable bonds is 5. The fraction of sp³-hybridized carbons (Fsp3) is 0.250. The van der Waals surface area contributed by atoms with Crippen molar-refractivity contribution in [1.29, 1.82) is 0 Å². The number of para-hydroxylation sites is 1. The van der Waals surface area contributed by atoms with Crippen molar-refractivity contribution < 1.29 is 14.6 Å². The van der Waals surface area contributed by atoms with Gasteiger partial charge in [0.1, 0.15) is 5.75 Å². The molecule has 0 aliphatic rings. The highest BCUT2D eigenvalue weighted by Crippen LogP contribution is 2.28. The Morgan fingerprint density at radius 2 is 2.00 bits per heavy atom. The van der Waals surface area contributed by atoms with Crippen molar-refractivity contribution in [2.45, 2.75) is 19.8 Å². The predicted molar refractivity (Wildman–Crippen MR) is 76.9 cm³/mol. The molecule has 1 N–H and O–H groups in total. The summed E-state index contributed by atoms with van der Waals surface area (Å²) in [6.45, 7) is 1.90. The first-order chi connectivity index (χ1) is 9.61. The summed E-state index contributed by atoms with van der Waals surface area (Å²) < 4.78 is 5.33. The molecule has 4 heteroatoms. The van der Waals surface area contributed by atoms with E-state index in [4.69, 9.17) is 9.84 Å². The summed E-state index contributed by atoms with van der Waals surface area (Å²) in [5, 5.41) is 8.73. The maximum atomic E-state index is 10.6. The van der Waals surface area contributed by atoms with Gasteiger partial charge >= 0.3 is 5.97 Å². The lowest BCUT2D eigenvalue weighted by Crippen LogP contribution is -2.01. The number of carbonyl (C=O) groups is 1. The van der Waals surface area contributed by atoms with Crippen molar-refractivity contribution in [3.63, 3.8) is 0 Å². The topological polar surface area (TPSA) is 59.4 Å². The van der Waals surface area contributed by atoms with E-state index in [1.807, 2.05) is 43.3 Å². The third-order valence-corrected chi connectivity index (χ3v) is 3.19. The minimum atomic E-state index is -0.793. The number of carboxylic acids is 1. The first kappa shape index (κ1) is 14.1. The molecular formula is C16H17NO3. The first-order valence-corrected chi connectivity index (χ1v) is 6.43. The molecule has 0 fully saturated rings. The van der Waals surface area contributed by atoms with E-state index < -0.39 is 5.97 Å². The average Bonchev–Trinajstić information content (AvgIpc) is 2.45. The number of aliphatic carboxylic acids is 1. The highest BCUT2D eigenvalue weighted by Gasteiger charge is 2.09. The summed E-state index contributed by atoms with van der Waals surface area (Å²) in [5.41, 5.74) is 3.59. The molecule has 1 heterocycles. The Kier molecular flexibility index (Phi) is 4.35. The number of hydrogen-bond donors (Lipinski definition) is 1. The first-order valence-electron chi connectivity index (χ1n) is 6.43. The number of pyridine rings is 1. The molecule has 2 aromatic rings. The van der Waals surface area contributed by atoms with Crippen molar-refractivity contribution in [2.75, 3.05) is 7.11 Å². The fourth-order valence-electron chi connectivity index (χ4n) is 2.10. The van der Waals surface area contributed by atoms with Crippen LogP contribution in [0.3, 0.4) is 0 Å². The van der Waals surface area contributed by atoms with Gasteiger partial charge in [-0.1, -0.05) is 18.2 Å². The van der Waals surface area contributed by atoms with Crippen molar-refractivity contribution in [1.82, 2.24) is 4.98 Å². The molecule has 104 valence electrons. The normalized spacial score (nSPS) is 10.3. The standard InChI is InChI=1S/C16H17NO3/c1-11-12(8-10-16(18)19)7-9-14(17-11)13-5-3-4-6-15(13)20-2/h3-7,9H,8,10H2,1-2H3,(H,18,19). The van der Waals surface area contributed by atoms with Gasteiger partial charge in [-0.05, 0) is 37.1 Å². The molecular weight excluding hydrogens is 254 g/mol. The lowest BCUT2D eigenvalue weighted by atomic mass is 10.0. The molecule has 0 atom stereocenters. The molecule has 0 saturated heterocycles. The quantitative estimate of drug-likeness (QED) is 0.907. The summed E-state index contributed by atoms with van der Waals surface area (Å²) in [7, 11) is 1.63. The average molecular weight is 271 g/mol. The largest absolute Gasteiger partial charge is 0.496 e. The van der Waals surface area contributed by atoms with E-state index in [9.17, 15) is 4.79 Å². The van der Waals surface area contributed by atoms with Gasteiger partial charge in [0.2, 0.25) is 0 Å². The number of ether oxygens (including phenoxy) is 1. The maximum Gasteiger partial charge on any atom is 0.303 e. The van der Waals surface area contributed by atoms with Crippen LogP contribution >= 0.6 is 0 Å². The van der Waals surface area contributed by atoms with E-state index in [0.29, 0.717) is 6.42 Å². The third kappa shape index (κ3) is 3.15. The van der Waals surface area contributed by atoms with Gasteiger partial charge in [-0.2, -0.15) is 0 Å². The number of carboxylic acid groups (broad SMARTS) is 1. The van der Waals surface area contributed by atoms with Crippen LogP contribution in [0.4, 0.5) is 0 Å². The second-order valence-corrected chi connectivity index (χ2v) is 4.54. The molecule has 2 rings (SSSR count). The van der Waals surface area contributed by atoms with E-state index in [1.54, 1.807) is 7.11 Å². The molecule has 0 aliphatic heterocycles. The summed E-state index contributed by atoms with van der Waals surface area (Å²) in [6.07, 6.45) is 0.622. The van der Waals surface area contributed by atoms with Gasteiger partial charge in [0.15, 0.2) is 0 Å². The van der Waals surface area contributed by atoms with Gasteiger partial charge in [0, 0.05) is 17.7 Å². The molecule has 0 radical (unpaired) electrons. The summed E-state index contributed by atoms with van der Waals surface area (Å²) >= 11 is 0. The molecule has 0 saturated carbocycles. The van der Waals surface area contributed by atoms with E-state index in [2.05, 4.69) is 4.98 Å². The van der Waals surface area contributed by atoms with Gasteiger partial charge in [-0.3, -0.25) is 9.78 Å². The van der Waals surface area contributed by atoms with E-state index >= 15 is 0 Å². The molecule has 1 aromatic carbocycles. The second kappa shape index (κ2) is 6.19. The van der Waals surface area contributed by atoms with Crippen LogP contribution in [-0.4, -0.2) is 23.2 Å². The molecule has 0 unspecified atom stereocenters.